The average molecular weight is 187 g/mol. The zero-order chi connectivity index (χ0) is 9.14. The Morgan fingerprint density at radius 1 is 1.58 bits per heavy atom. The summed E-state index contributed by atoms with van der Waals surface area (Å²) >= 11 is 1.43. The lowest BCUT2D eigenvalue weighted by atomic mass is 10.5. The van der Waals surface area contributed by atoms with Crippen molar-refractivity contribution in [3.8, 4) is 0 Å². The van der Waals surface area contributed by atoms with Gasteiger partial charge in [-0.3, -0.25) is 0 Å². The summed E-state index contributed by atoms with van der Waals surface area (Å²) < 4.78 is 0. The van der Waals surface area contributed by atoms with Crippen molar-refractivity contribution in [1.82, 2.24) is 9.88 Å². The maximum atomic E-state index is 8.82. The lowest BCUT2D eigenvalue weighted by Crippen LogP contribution is -2.10. The molecule has 0 radical (unpaired) electrons. The van der Waals surface area contributed by atoms with Gasteiger partial charge in [-0.05, 0) is 14.1 Å². The van der Waals surface area contributed by atoms with Crippen LogP contribution in [0.2, 0.25) is 0 Å². The maximum Gasteiger partial charge on any atom is 0.112 e. The standard InChI is InChI=1S/C7H13N3OS/c1-10(2)3-6-9-5(4-11)7(8)12-6/h11H,3-4,8H2,1-2H3. The van der Waals surface area contributed by atoms with Crippen LogP contribution in [0.15, 0.2) is 0 Å². The molecule has 1 heterocycles. The molecule has 0 bridgehead atoms. The van der Waals surface area contributed by atoms with Crippen LogP contribution in [-0.4, -0.2) is 29.1 Å². The Bertz CT molecular complexity index is 259. The molecule has 0 fully saturated rings. The molecule has 0 saturated heterocycles. The van der Waals surface area contributed by atoms with Crippen molar-refractivity contribution >= 4 is 16.3 Å². The molecule has 12 heavy (non-hydrogen) atoms. The highest BCUT2D eigenvalue weighted by Crippen LogP contribution is 2.21. The quantitative estimate of drug-likeness (QED) is 0.713. The van der Waals surface area contributed by atoms with E-state index in [0.29, 0.717) is 10.7 Å². The van der Waals surface area contributed by atoms with Crippen LogP contribution in [0.1, 0.15) is 10.7 Å². The fraction of sp³-hybridized carbons (Fsp3) is 0.571. The summed E-state index contributed by atoms with van der Waals surface area (Å²) in [6, 6.07) is 0. The second kappa shape index (κ2) is 3.84. The molecule has 0 amide bonds. The van der Waals surface area contributed by atoms with E-state index in [2.05, 4.69) is 4.98 Å². The third kappa shape index (κ3) is 2.17. The van der Waals surface area contributed by atoms with Gasteiger partial charge in [0.25, 0.3) is 0 Å². The Labute approximate surface area is 75.6 Å². The van der Waals surface area contributed by atoms with Gasteiger partial charge in [-0.25, -0.2) is 4.98 Å². The molecular formula is C7H13N3OS. The van der Waals surface area contributed by atoms with Gasteiger partial charge in [0.1, 0.15) is 15.7 Å². The molecule has 3 N–H and O–H groups in total. The van der Waals surface area contributed by atoms with Crippen LogP contribution in [-0.2, 0) is 13.2 Å². The van der Waals surface area contributed by atoms with Crippen LogP contribution in [0, 0.1) is 0 Å². The van der Waals surface area contributed by atoms with Crippen LogP contribution < -0.4 is 5.73 Å². The predicted octanol–water partition coefficient (Wildman–Crippen LogP) is 0.279. The van der Waals surface area contributed by atoms with Gasteiger partial charge in [-0.2, -0.15) is 0 Å². The van der Waals surface area contributed by atoms with Crippen LogP contribution in [0.3, 0.4) is 0 Å². The van der Waals surface area contributed by atoms with Crippen molar-refractivity contribution < 1.29 is 5.11 Å². The Balaban J connectivity index is 2.75. The summed E-state index contributed by atoms with van der Waals surface area (Å²) in [4.78, 5) is 6.18. The summed E-state index contributed by atoms with van der Waals surface area (Å²) in [5.41, 5.74) is 6.20. The maximum absolute atomic E-state index is 8.82. The van der Waals surface area contributed by atoms with E-state index < -0.39 is 0 Å². The lowest BCUT2D eigenvalue weighted by Gasteiger charge is -2.04. The number of hydrogen-bond acceptors (Lipinski definition) is 5. The van der Waals surface area contributed by atoms with E-state index in [9.17, 15) is 0 Å². The van der Waals surface area contributed by atoms with E-state index in [-0.39, 0.29) is 6.61 Å². The molecule has 1 rings (SSSR count). The molecule has 0 aliphatic rings. The van der Waals surface area contributed by atoms with Crippen LogP contribution in [0.4, 0.5) is 5.00 Å². The minimum Gasteiger partial charge on any atom is -0.390 e. The summed E-state index contributed by atoms with van der Waals surface area (Å²) in [7, 11) is 3.94. The normalized spacial score (nSPS) is 11.0. The summed E-state index contributed by atoms with van der Waals surface area (Å²) in [6.45, 7) is 0.699. The van der Waals surface area contributed by atoms with Crippen molar-refractivity contribution in [2.75, 3.05) is 19.8 Å². The van der Waals surface area contributed by atoms with Gasteiger partial charge in [0.2, 0.25) is 0 Å². The van der Waals surface area contributed by atoms with Crippen molar-refractivity contribution in [2.24, 2.45) is 0 Å². The first kappa shape index (κ1) is 9.44. The first-order valence-electron chi connectivity index (χ1n) is 3.63. The van der Waals surface area contributed by atoms with Crippen molar-refractivity contribution in [1.29, 1.82) is 0 Å². The molecule has 0 unspecified atom stereocenters. The van der Waals surface area contributed by atoms with E-state index in [0.717, 1.165) is 11.6 Å². The van der Waals surface area contributed by atoms with E-state index in [1.54, 1.807) is 0 Å². The summed E-state index contributed by atoms with van der Waals surface area (Å²) in [5.74, 6) is 0. The van der Waals surface area contributed by atoms with Gasteiger partial charge in [-0.1, -0.05) is 0 Å². The lowest BCUT2D eigenvalue weighted by molar-refractivity contribution is 0.277. The molecule has 0 atom stereocenters. The molecule has 0 spiro atoms. The number of aliphatic hydroxyl groups is 1. The van der Waals surface area contributed by atoms with Gasteiger partial charge in [0.15, 0.2) is 0 Å². The predicted molar refractivity (Wildman–Crippen MR) is 49.8 cm³/mol. The highest BCUT2D eigenvalue weighted by atomic mass is 32.1. The zero-order valence-electron chi connectivity index (χ0n) is 7.24. The van der Waals surface area contributed by atoms with E-state index in [4.69, 9.17) is 10.8 Å². The minimum absolute atomic E-state index is 0.0736. The topological polar surface area (TPSA) is 62.4 Å². The number of rotatable bonds is 3. The minimum atomic E-state index is -0.0736. The molecule has 1 aromatic rings. The number of nitrogen functional groups attached to an aromatic ring is 1. The summed E-state index contributed by atoms with van der Waals surface area (Å²) in [6.07, 6.45) is 0. The fourth-order valence-electron chi connectivity index (χ4n) is 0.866. The summed E-state index contributed by atoms with van der Waals surface area (Å²) in [5, 5.41) is 10.4. The third-order valence-corrected chi connectivity index (χ3v) is 2.28. The third-order valence-electron chi connectivity index (χ3n) is 1.37. The molecular weight excluding hydrogens is 174 g/mol. The SMILES string of the molecule is CN(C)Cc1nc(CO)c(N)s1. The van der Waals surface area contributed by atoms with Gasteiger partial charge < -0.3 is 15.7 Å². The Hall–Kier alpha value is -0.650. The van der Waals surface area contributed by atoms with Gasteiger partial charge in [0.05, 0.1) is 6.61 Å². The molecule has 0 aromatic carbocycles. The molecule has 4 nitrogen and oxygen atoms in total. The second-order valence-corrected chi connectivity index (χ2v) is 3.93. The Morgan fingerprint density at radius 2 is 2.25 bits per heavy atom. The first-order valence-corrected chi connectivity index (χ1v) is 4.44. The number of anilines is 1. The largest absolute Gasteiger partial charge is 0.390 e. The van der Waals surface area contributed by atoms with Crippen LogP contribution in [0.5, 0.6) is 0 Å². The van der Waals surface area contributed by atoms with E-state index >= 15 is 0 Å². The number of nitrogens with zero attached hydrogens (tertiary/aromatic N) is 2. The second-order valence-electron chi connectivity index (χ2n) is 2.81. The number of thiazole rings is 1. The Morgan fingerprint density at radius 3 is 2.67 bits per heavy atom. The molecule has 5 heteroatoms. The van der Waals surface area contributed by atoms with Crippen LogP contribution >= 0.6 is 11.3 Å². The first-order chi connectivity index (χ1) is 5.63. The highest BCUT2D eigenvalue weighted by molar-refractivity contribution is 7.15. The van der Waals surface area contributed by atoms with Crippen molar-refractivity contribution in [3.05, 3.63) is 10.7 Å². The van der Waals surface area contributed by atoms with Gasteiger partial charge >= 0.3 is 0 Å². The Kier molecular flexibility index (Phi) is 3.02. The fourth-order valence-corrected chi connectivity index (χ4v) is 1.83. The van der Waals surface area contributed by atoms with E-state index in [1.165, 1.54) is 11.3 Å². The van der Waals surface area contributed by atoms with E-state index in [1.807, 2.05) is 19.0 Å². The highest BCUT2D eigenvalue weighted by Gasteiger charge is 2.07. The van der Waals surface area contributed by atoms with Crippen molar-refractivity contribution in [2.45, 2.75) is 13.2 Å². The zero-order valence-corrected chi connectivity index (χ0v) is 8.06. The number of hydrogen-bond donors (Lipinski definition) is 2. The monoisotopic (exact) mass is 187 g/mol. The molecule has 0 saturated carbocycles. The van der Waals surface area contributed by atoms with Crippen LogP contribution in [0.25, 0.3) is 0 Å². The molecule has 0 aliphatic heterocycles. The number of aromatic nitrogens is 1. The average Bonchev–Trinajstić information content (AvgIpc) is 2.29. The van der Waals surface area contributed by atoms with Gasteiger partial charge in [0, 0.05) is 6.54 Å². The van der Waals surface area contributed by atoms with Crippen molar-refractivity contribution in [3.63, 3.8) is 0 Å². The molecule has 0 aliphatic carbocycles. The molecule has 68 valence electrons. The number of nitrogens with two attached hydrogens (primary N) is 1. The van der Waals surface area contributed by atoms with Gasteiger partial charge in [-0.15, -0.1) is 11.3 Å². The molecule has 1 aromatic heterocycles. The smallest absolute Gasteiger partial charge is 0.112 e. The number of aliphatic hydroxyl groups excluding tert-OH is 1.